The molecule has 0 aliphatic carbocycles. The molecule has 0 radical (unpaired) electrons. The molecule has 3 nitrogen and oxygen atoms in total. The van der Waals surface area contributed by atoms with Crippen LogP contribution in [0.1, 0.15) is 0 Å². The number of nitrogens with zero attached hydrogens (tertiary/aromatic N) is 2. The highest BCUT2D eigenvalue weighted by Crippen LogP contribution is 2.41. The van der Waals surface area contributed by atoms with Gasteiger partial charge in [-0.3, -0.25) is 0 Å². The van der Waals surface area contributed by atoms with Crippen molar-refractivity contribution in [2.24, 2.45) is 0 Å². The van der Waals surface area contributed by atoms with Crippen molar-refractivity contribution >= 4 is 71.6 Å². The van der Waals surface area contributed by atoms with Gasteiger partial charge in [-0.05, 0) is 117 Å². The lowest BCUT2D eigenvalue weighted by Crippen LogP contribution is -2.09. The molecule has 12 rings (SSSR count). The number of hydrogen-bond donors (Lipinski definition) is 0. The van der Waals surface area contributed by atoms with E-state index in [0.29, 0.717) is 0 Å². The minimum Gasteiger partial charge on any atom is -0.454 e. The van der Waals surface area contributed by atoms with Crippen LogP contribution in [0, 0.1) is 0 Å². The monoisotopic (exact) mass is 778 g/mol. The maximum Gasteiger partial charge on any atom is 0.159 e. The van der Waals surface area contributed by atoms with Gasteiger partial charge >= 0.3 is 0 Å². The van der Waals surface area contributed by atoms with E-state index in [4.69, 9.17) is 4.42 Å². The molecule has 0 spiro atoms. The number of para-hydroxylation sites is 3. The molecule has 2 aromatic heterocycles. The summed E-state index contributed by atoms with van der Waals surface area (Å²) >= 11 is 0. The summed E-state index contributed by atoms with van der Waals surface area (Å²) in [4.78, 5) is 2.35. The van der Waals surface area contributed by atoms with Crippen molar-refractivity contribution in [1.82, 2.24) is 4.57 Å². The molecule has 0 bridgehead atoms. The summed E-state index contributed by atoms with van der Waals surface area (Å²) in [7, 11) is 0. The van der Waals surface area contributed by atoms with E-state index in [2.05, 4.69) is 228 Å². The van der Waals surface area contributed by atoms with Gasteiger partial charge in [0.1, 0.15) is 5.58 Å². The van der Waals surface area contributed by atoms with Crippen molar-refractivity contribution in [2.45, 2.75) is 0 Å². The van der Waals surface area contributed by atoms with E-state index in [9.17, 15) is 0 Å². The van der Waals surface area contributed by atoms with Crippen molar-refractivity contribution in [3.63, 3.8) is 0 Å². The largest absolute Gasteiger partial charge is 0.454 e. The Kier molecular flexibility index (Phi) is 8.17. The molecule has 10 aromatic carbocycles. The molecule has 61 heavy (non-hydrogen) atoms. The van der Waals surface area contributed by atoms with Crippen LogP contribution in [0.5, 0.6) is 0 Å². The fraction of sp³-hybridized carbons (Fsp3) is 0. The highest BCUT2D eigenvalue weighted by molar-refractivity contribution is 6.13. The lowest BCUT2D eigenvalue weighted by molar-refractivity contribution is 0.666. The van der Waals surface area contributed by atoms with Crippen molar-refractivity contribution in [3.8, 4) is 39.1 Å². The van der Waals surface area contributed by atoms with E-state index in [1.807, 2.05) is 12.1 Å². The van der Waals surface area contributed by atoms with Crippen LogP contribution in [0.15, 0.2) is 235 Å². The third-order valence-electron chi connectivity index (χ3n) is 12.2. The van der Waals surface area contributed by atoms with E-state index in [-0.39, 0.29) is 0 Å². The molecule has 0 atom stereocenters. The van der Waals surface area contributed by atoms with E-state index < -0.39 is 0 Å². The van der Waals surface area contributed by atoms with Gasteiger partial charge in [0.25, 0.3) is 0 Å². The molecule has 2 heterocycles. The fourth-order valence-electron chi connectivity index (χ4n) is 9.19. The molecule has 0 fully saturated rings. The molecule has 0 saturated carbocycles. The Hall–Kier alpha value is -8.14. The molecule has 0 saturated heterocycles. The Labute approximate surface area is 353 Å². The molecule has 286 valence electrons. The van der Waals surface area contributed by atoms with Gasteiger partial charge in [0.2, 0.25) is 0 Å². The number of aromatic nitrogens is 1. The summed E-state index contributed by atoms with van der Waals surface area (Å²) < 4.78 is 8.89. The molecule has 3 heteroatoms. The third kappa shape index (κ3) is 5.98. The van der Waals surface area contributed by atoms with Crippen molar-refractivity contribution in [1.29, 1.82) is 0 Å². The summed E-state index contributed by atoms with van der Waals surface area (Å²) in [5.74, 6) is 0. The predicted octanol–water partition coefficient (Wildman–Crippen LogP) is 16.3. The van der Waals surface area contributed by atoms with Crippen LogP contribution in [0.3, 0.4) is 0 Å². The average molecular weight is 779 g/mol. The highest BCUT2D eigenvalue weighted by atomic mass is 16.3. The Balaban J connectivity index is 0.932. The first-order valence-corrected chi connectivity index (χ1v) is 20.8. The summed E-state index contributed by atoms with van der Waals surface area (Å²) in [5, 5.41) is 7.06. The molecule has 0 aliphatic rings. The van der Waals surface area contributed by atoms with Gasteiger partial charge in [-0.1, -0.05) is 158 Å². The second-order valence-electron chi connectivity index (χ2n) is 15.7. The van der Waals surface area contributed by atoms with Gasteiger partial charge in [-0.25, -0.2) is 0 Å². The first-order chi connectivity index (χ1) is 30.2. The van der Waals surface area contributed by atoms with Crippen molar-refractivity contribution in [3.05, 3.63) is 231 Å². The number of hydrogen-bond acceptors (Lipinski definition) is 2. The highest BCUT2D eigenvalue weighted by Gasteiger charge is 2.19. The molecule has 0 amide bonds. The topological polar surface area (TPSA) is 21.3 Å². The summed E-state index contributed by atoms with van der Waals surface area (Å²) in [5.41, 5.74) is 15.6. The first kappa shape index (κ1) is 34.9. The minimum atomic E-state index is 0.899. The molecule has 12 aromatic rings. The van der Waals surface area contributed by atoms with Crippen LogP contribution in [-0.4, -0.2) is 4.57 Å². The Morgan fingerprint density at radius 3 is 1.54 bits per heavy atom. The molecular weight excluding hydrogens is 741 g/mol. The standard InChI is InChI=1S/C58H38N2O/c1-3-12-39(13-4-1)41-24-30-47(31-25-41)59(48-32-26-42(27-33-48)40-14-5-2-6-15-40)49-34-28-44-36-43(22-23-45(44)37-49)46-29-35-55-53(38-46)50-16-7-9-19-54(50)60(55)56-20-11-18-52-51-17-8-10-21-57(51)61-58(52)56/h1-38H. The SMILES string of the molecule is c1ccc(-c2ccc(N(c3ccc(-c4ccccc4)cc3)c3ccc4cc(-c5ccc6c(c5)c5ccccc5n6-c5cccc6c5oc5ccccc56)ccc4c3)cc2)cc1. The second kappa shape index (κ2) is 14.3. The van der Waals surface area contributed by atoms with Gasteiger partial charge in [0, 0.05) is 38.6 Å². The zero-order valence-electron chi connectivity index (χ0n) is 33.2. The number of furan rings is 1. The Morgan fingerprint density at radius 2 is 0.820 bits per heavy atom. The number of anilines is 3. The Morgan fingerprint density at radius 1 is 0.311 bits per heavy atom. The molecular formula is C58H38N2O. The minimum absolute atomic E-state index is 0.899. The van der Waals surface area contributed by atoms with E-state index >= 15 is 0 Å². The van der Waals surface area contributed by atoms with Gasteiger partial charge < -0.3 is 13.9 Å². The molecule has 0 unspecified atom stereocenters. The molecule has 0 N–H and O–H groups in total. The maximum absolute atomic E-state index is 6.53. The summed E-state index contributed by atoms with van der Waals surface area (Å²) in [6, 6.07) is 82.9. The van der Waals surface area contributed by atoms with Crippen LogP contribution >= 0.6 is 0 Å². The summed E-state index contributed by atoms with van der Waals surface area (Å²) in [6.45, 7) is 0. The Bertz CT molecular complexity index is 3480. The normalized spacial score (nSPS) is 11.6. The van der Waals surface area contributed by atoms with Crippen LogP contribution in [-0.2, 0) is 0 Å². The number of rotatable bonds is 7. The number of benzene rings is 10. The average Bonchev–Trinajstić information content (AvgIpc) is 3.88. The third-order valence-corrected chi connectivity index (χ3v) is 12.2. The zero-order valence-corrected chi connectivity index (χ0v) is 33.2. The van der Waals surface area contributed by atoms with E-state index in [0.717, 1.165) is 55.7 Å². The zero-order chi connectivity index (χ0) is 40.3. The van der Waals surface area contributed by atoms with Gasteiger partial charge in [-0.2, -0.15) is 0 Å². The predicted molar refractivity (Wildman–Crippen MR) is 257 cm³/mol. The maximum atomic E-state index is 6.53. The number of fused-ring (bicyclic) bond motifs is 7. The summed E-state index contributed by atoms with van der Waals surface area (Å²) in [6.07, 6.45) is 0. The van der Waals surface area contributed by atoms with Crippen LogP contribution < -0.4 is 4.90 Å². The van der Waals surface area contributed by atoms with Gasteiger partial charge in [0.15, 0.2) is 5.58 Å². The second-order valence-corrected chi connectivity index (χ2v) is 15.7. The first-order valence-electron chi connectivity index (χ1n) is 20.8. The van der Waals surface area contributed by atoms with E-state index in [1.165, 1.54) is 54.9 Å². The smallest absolute Gasteiger partial charge is 0.159 e. The van der Waals surface area contributed by atoms with Gasteiger partial charge in [-0.15, -0.1) is 0 Å². The van der Waals surface area contributed by atoms with Gasteiger partial charge in [0.05, 0.1) is 16.7 Å². The van der Waals surface area contributed by atoms with Crippen LogP contribution in [0.4, 0.5) is 17.1 Å². The van der Waals surface area contributed by atoms with Crippen LogP contribution in [0.25, 0.3) is 93.6 Å². The fourth-order valence-corrected chi connectivity index (χ4v) is 9.19. The quantitative estimate of drug-likeness (QED) is 0.161. The van der Waals surface area contributed by atoms with Crippen LogP contribution in [0.2, 0.25) is 0 Å². The van der Waals surface area contributed by atoms with E-state index in [1.54, 1.807) is 0 Å². The van der Waals surface area contributed by atoms with Crippen molar-refractivity contribution in [2.75, 3.05) is 4.90 Å². The molecule has 0 aliphatic heterocycles. The lowest BCUT2D eigenvalue weighted by Gasteiger charge is -2.26. The lowest BCUT2D eigenvalue weighted by atomic mass is 9.99. The van der Waals surface area contributed by atoms with Crippen molar-refractivity contribution < 1.29 is 4.42 Å².